The summed E-state index contributed by atoms with van der Waals surface area (Å²) in [7, 11) is 0. The second-order valence-corrected chi connectivity index (χ2v) is 4.45. The molecule has 0 aliphatic heterocycles. The van der Waals surface area contributed by atoms with Crippen molar-refractivity contribution in [3.63, 3.8) is 0 Å². The highest BCUT2D eigenvalue weighted by molar-refractivity contribution is 5.34. The van der Waals surface area contributed by atoms with Crippen LogP contribution in [0.3, 0.4) is 0 Å². The summed E-state index contributed by atoms with van der Waals surface area (Å²) in [6.07, 6.45) is 1.62. The molecule has 0 heterocycles. The van der Waals surface area contributed by atoms with E-state index in [2.05, 4.69) is 0 Å². The minimum Gasteiger partial charge on any atom is -0.375 e. The first-order chi connectivity index (χ1) is 8.56. The third kappa shape index (κ3) is 3.52. The third-order valence-corrected chi connectivity index (χ3v) is 3.25. The average Bonchev–Trinajstić information content (AvgIpc) is 2.40. The quantitative estimate of drug-likeness (QED) is 0.844. The molecule has 18 heavy (non-hydrogen) atoms. The van der Waals surface area contributed by atoms with E-state index in [-0.39, 0.29) is 17.7 Å². The van der Waals surface area contributed by atoms with Crippen LogP contribution in [0.1, 0.15) is 37.8 Å². The fraction of sp³-hybridized carbons (Fsp3) is 0.500. The van der Waals surface area contributed by atoms with Gasteiger partial charge in [-0.25, -0.2) is 4.39 Å². The maximum absolute atomic E-state index is 13.7. The van der Waals surface area contributed by atoms with E-state index in [1.54, 1.807) is 12.1 Å². The standard InChI is InChI=1S/C14H19FN2O/c1-3-14(17,4-2)10-18-9-12-7-5-6-11(8-16)13(12)15/h5-7H,3-4,9-10,17H2,1-2H3. The summed E-state index contributed by atoms with van der Waals surface area (Å²) in [5, 5.41) is 8.72. The zero-order chi connectivity index (χ0) is 13.6. The van der Waals surface area contributed by atoms with Crippen LogP contribution < -0.4 is 5.73 Å². The highest BCUT2D eigenvalue weighted by atomic mass is 19.1. The van der Waals surface area contributed by atoms with Gasteiger partial charge in [0.2, 0.25) is 0 Å². The molecule has 98 valence electrons. The van der Waals surface area contributed by atoms with Crippen LogP contribution >= 0.6 is 0 Å². The number of nitriles is 1. The van der Waals surface area contributed by atoms with Gasteiger partial charge in [0.1, 0.15) is 11.9 Å². The smallest absolute Gasteiger partial charge is 0.146 e. The van der Waals surface area contributed by atoms with Crippen molar-refractivity contribution in [2.24, 2.45) is 5.73 Å². The molecule has 0 radical (unpaired) electrons. The number of ether oxygens (including phenoxy) is 1. The molecule has 0 aliphatic rings. The van der Waals surface area contributed by atoms with Crippen molar-refractivity contribution in [3.05, 3.63) is 35.1 Å². The Hall–Kier alpha value is -1.44. The summed E-state index contributed by atoms with van der Waals surface area (Å²) < 4.78 is 19.2. The van der Waals surface area contributed by atoms with Crippen molar-refractivity contribution < 1.29 is 9.13 Å². The summed E-state index contributed by atoms with van der Waals surface area (Å²) in [4.78, 5) is 0. The Bertz CT molecular complexity index is 436. The zero-order valence-electron chi connectivity index (χ0n) is 10.9. The van der Waals surface area contributed by atoms with Crippen molar-refractivity contribution in [1.82, 2.24) is 0 Å². The lowest BCUT2D eigenvalue weighted by Crippen LogP contribution is -2.43. The van der Waals surface area contributed by atoms with Gasteiger partial charge in [-0.3, -0.25) is 0 Å². The van der Waals surface area contributed by atoms with Crippen LogP contribution in [0, 0.1) is 17.1 Å². The SMILES string of the molecule is CCC(N)(CC)COCc1cccc(C#N)c1F. The predicted octanol–water partition coefficient (Wildman–Crippen LogP) is 2.73. The summed E-state index contributed by atoms with van der Waals surface area (Å²) in [5.74, 6) is -0.504. The highest BCUT2D eigenvalue weighted by Crippen LogP contribution is 2.16. The maximum Gasteiger partial charge on any atom is 0.146 e. The van der Waals surface area contributed by atoms with Gasteiger partial charge in [-0.2, -0.15) is 5.26 Å². The topological polar surface area (TPSA) is 59.0 Å². The van der Waals surface area contributed by atoms with Crippen LogP contribution in [0.4, 0.5) is 4.39 Å². The Labute approximate surface area is 107 Å². The molecule has 1 rings (SSSR count). The first-order valence-corrected chi connectivity index (χ1v) is 6.10. The Morgan fingerprint density at radius 1 is 1.39 bits per heavy atom. The van der Waals surface area contributed by atoms with Crippen LogP contribution in [0.5, 0.6) is 0 Å². The van der Waals surface area contributed by atoms with E-state index in [0.717, 1.165) is 12.8 Å². The fourth-order valence-electron chi connectivity index (χ4n) is 1.60. The molecule has 2 N–H and O–H groups in total. The van der Waals surface area contributed by atoms with Gasteiger partial charge in [-0.1, -0.05) is 26.0 Å². The molecule has 0 bridgehead atoms. The van der Waals surface area contributed by atoms with Gasteiger partial charge in [-0.05, 0) is 18.9 Å². The maximum atomic E-state index is 13.7. The molecule has 1 aromatic rings. The van der Waals surface area contributed by atoms with E-state index in [1.165, 1.54) is 6.07 Å². The average molecular weight is 250 g/mol. The van der Waals surface area contributed by atoms with Crippen molar-refractivity contribution in [2.45, 2.75) is 38.8 Å². The van der Waals surface area contributed by atoms with Gasteiger partial charge < -0.3 is 10.5 Å². The Kier molecular flexibility index (Phi) is 5.26. The largest absolute Gasteiger partial charge is 0.375 e. The Balaban J connectivity index is 2.63. The number of nitrogens with zero attached hydrogens (tertiary/aromatic N) is 1. The molecule has 0 spiro atoms. The van der Waals surface area contributed by atoms with Gasteiger partial charge in [0.05, 0.1) is 18.8 Å². The van der Waals surface area contributed by atoms with Crippen molar-refractivity contribution in [2.75, 3.05) is 6.61 Å². The lowest BCUT2D eigenvalue weighted by molar-refractivity contribution is 0.0680. The molecule has 0 saturated carbocycles. The number of benzene rings is 1. The molecule has 0 fully saturated rings. The molecular weight excluding hydrogens is 231 g/mol. The number of hydrogen-bond donors (Lipinski definition) is 1. The Morgan fingerprint density at radius 3 is 2.61 bits per heavy atom. The molecule has 0 amide bonds. The minimum atomic E-state index is -0.504. The number of halogens is 1. The fourth-order valence-corrected chi connectivity index (χ4v) is 1.60. The molecule has 0 unspecified atom stereocenters. The first-order valence-electron chi connectivity index (χ1n) is 6.10. The molecule has 1 aromatic carbocycles. The van der Waals surface area contributed by atoms with Gasteiger partial charge in [0, 0.05) is 11.1 Å². The molecule has 0 saturated heterocycles. The van der Waals surface area contributed by atoms with Crippen molar-refractivity contribution >= 4 is 0 Å². The lowest BCUT2D eigenvalue weighted by Gasteiger charge is -2.26. The van der Waals surface area contributed by atoms with Gasteiger partial charge in [0.25, 0.3) is 0 Å². The van der Waals surface area contributed by atoms with Crippen LogP contribution in [0.15, 0.2) is 18.2 Å². The monoisotopic (exact) mass is 250 g/mol. The first kappa shape index (κ1) is 14.6. The van der Waals surface area contributed by atoms with Gasteiger partial charge in [-0.15, -0.1) is 0 Å². The van der Waals surface area contributed by atoms with Gasteiger partial charge in [0.15, 0.2) is 0 Å². The summed E-state index contributed by atoms with van der Waals surface area (Å²) in [6, 6.07) is 6.52. The molecular formula is C14H19FN2O. The summed E-state index contributed by atoms with van der Waals surface area (Å²) in [6.45, 7) is 4.53. The third-order valence-electron chi connectivity index (χ3n) is 3.25. The summed E-state index contributed by atoms with van der Waals surface area (Å²) in [5.41, 5.74) is 6.16. The van der Waals surface area contributed by atoms with E-state index in [9.17, 15) is 4.39 Å². The zero-order valence-corrected chi connectivity index (χ0v) is 10.9. The normalized spacial score (nSPS) is 11.3. The van der Waals surface area contributed by atoms with Crippen LogP contribution in [-0.2, 0) is 11.3 Å². The van der Waals surface area contributed by atoms with E-state index in [1.807, 2.05) is 19.9 Å². The molecule has 0 atom stereocenters. The van der Waals surface area contributed by atoms with Crippen LogP contribution in [0.25, 0.3) is 0 Å². The Morgan fingerprint density at radius 2 is 2.06 bits per heavy atom. The van der Waals surface area contributed by atoms with Gasteiger partial charge >= 0.3 is 0 Å². The van der Waals surface area contributed by atoms with Crippen molar-refractivity contribution in [3.8, 4) is 6.07 Å². The molecule has 0 aliphatic carbocycles. The minimum absolute atomic E-state index is 0.0427. The highest BCUT2D eigenvalue weighted by Gasteiger charge is 2.20. The van der Waals surface area contributed by atoms with Crippen LogP contribution in [0.2, 0.25) is 0 Å². The number of rotatable bonds is 6. The van der Waals surface area contributed by atoms with E-state index in [0.29, 0.717) is 12.2 Å². The molecule has 0 aromatic heterocycles. The number of hydrogen-bond acceptors (Lipinski definition) is 3. The second-order valence-electron chi connectivity index (χ2n) is 4.45. The summed E-state index contributed by atoms with van der Waals surface area (Å²) >= 11 is 0. The second kappa shape index (κ2) is 6.48. The molecule has 3 nitrogen and oxygen atoms in total. The molecule has 4 heteroatoms. The number of nitrogens with two attached hydrogens (primary N) is 1. The lowest BCUT2D eigenvalue weighted by atomic mass is 9.96. The van der Waals surface area contributed by atoms with E-state index < -0.39 is 5.82 Å². The van der Waals surface area contributed by atoms with Crippen molar-refractivity contribution in [1.29, 1.82) is 5.26 Å². The predicted molar refractivity (Wildman–Crippen MR) is 68.3 cm³/mol. The van der Waals surface area contributed by atoms with E-state index in [4.69, 9.17) is 15.7 Å². The van der Waals surface area contributed by atoms with E-state index >= 15 is 0 Å². The van der Waals surface area contributed by atoms with Crippen LogP contribution in [-0.4, -0.2) is 12.1 Å².